The van der Waals surface area contributed by atoms with E-state index in [4.69, 9.17) is 11.6 Å². The van der Waals surface area contributed by atoms with Gasteiger partial charge in [0.25, 0.3) is 0 Å². The summed E-state index contributed by atoms with van der Waals surface area (Å²) in [5.74, 6) is 1.29. The van der Waals surface area contributed by atoms with Crippen molar-refractivity contribution in [3.8, 4) is 11.1 Å². The van der Waals surface area contributed by atoms with Gasteiger partial charge in [0.2, 0.25) is 11.2 Å². The fraction of sp³-hybridized carbons (Fsp3) is 0.200. The van der Waals surface area contributed by atoms with Gasteiger partial charge >= 0.3 is 0 Å². The first-order valence-electron chi connectivity index (χ1n) is 9.16. The maximum absolute atomic E-state index is 13.4. The van der Waals surface area contributed by atoms with Gasteiger partial charge in [-0.1, -0.05) is 12.1 Å². The zero-order valence-corrected chi connectivity index (χ0v) is 16.9. The molecular weight excluding hydrogens is 411 g/mol. The topological polar surface area (TPSA) is 58.0 Å². The number of hydrogen-bond acceptors (Lipinski definition) is 7. The van der Waals surface area contributed by atoms with Crippen LogP contribution in [-0.4, -0.2) is 46.1 Å². The highest BCUT2D eigenvalue weighted by Gasteiger charge is 2.24. The molecule has 3 aromatic heterocycles. The molecule has 4 aromatic rings. The zero-order valence-electron chi connectivity index (χ0n) is 15.3. The smallest absolute Gasteiger partial charge is 0.225 e. The number of hydrogen-bond donors (Lipinski definition) is 0. The first kappa shape index (κ1) is 18.2. The molecule has 5 rings (SSSR count). The minimum absolute atomic E-state index is 0.230. The predicted molar refractivity (Wildman–Crippen MR) is 114 cm³/mol. The third kappa shape index (κ3) is 3.49. The van der Waals surface area contributed by atoms with E-state index in [1.165, 1.54) is 23.5 Å². The van der Waals surface area contributed by atoms with Crippen LogP contribution in [0.4, 0.5) is 16.2 Å². The van der Waals surface area contributed by atoms with Gasteiger partial charge in [-0.2, -0.15) is 4.98 Å². The number of benzene rings is 1. The molecular formula is C20H16ClFN6S. The molecule has 0 radical (unpaired) electrons. The van der Waals surface area contributed by atoms with Crippen molar-refractivity contribution in [2.45, 2.75) is 0 Å². The highest BCUT2D eigenvalue weighted by molar-refractivity contribution is 7.17. The first-order chi connectivity index (χ1) is 14.2. The molecule has 0 amide bonds. The number of fused-ring (bicyclic) bond motifs is 1. The molecule has 0 atom stereocenters. The van der Waals surface area contributed by atoms with Crippen LogP contribution in [-0.2, 0) is 0 Å². The quantitative estimate of drug-likeness (QED) is 0.456. The predicted octanol–water partition coefficient (Wildman–Crippen LogP) is 4.27. The molecule has 1 aromatic carbocycles. The molecule has 1 saturated heterocycles. The van der Waals surface area contributed by atoms with E-state index in [1.807, 2.05) is 11.4 Å². The summed E-state index contributed by atoms with van der Waals surface area (Å²) in [4.78, 5) is 22.8. The molecule has 0 N–H and O–H groups in total. The summed E-state index contributed by atoms with van der Waals surface area (Å²) in [6.45, 7) is 3.09. The maximum atomic E-state index is 13.4. The van der Waals surface area contributed by atoms with Crippen molar-refractivity contribution in [1.82, 2.24) is 19.9 Å². The second-order valence-electron chi connectivity index (χ2n) is 6.68. The molecule has 0 bridgehead atoms. The molecule has 0 saturated carbocycles. The zero-order chi connectivity index (χ0) is 19.8. The average molecular weight is 427 g/mol. The van der Waals surface area contributed by atoms with Crippen LogP contribution >= 0.6 is 22.9 Å². The van der Waals surface area contributed by atoms with Crippen LogP contribution < -0.4 is 9.80 Å². The molecule has 146 valence electrons. The van der Waals surface area contributed by atoms with Crippen LogP contribution in [0.5, 0.6) is 0 Å². The summed E-state index contributed by atoms with van der Waals surface area (Å²) < 4.78 is 13.4. The normalized spacial score (nSPS) is 14.6. The van der Waals surface area contributed by atoms with E-state index in [9.17, 15) is 4.39 Å². The molecule has 29 heavy (non-hydrogen) atoms. The van der Waals surface area contributed by atoms with Gasteiger partial charge < -0.3 is 9.80 Å². The van der Waals surface area contributed by atoms with Crippen molar-refractivity contribution in [2.24, 2.45) is 0 Å². The summed E-state index contributed by atoms with van der Waals surface area (Å²) in [7, 11) is 0. The van der Waals surface area contributed by atoms with Crippen molar-refractivity contribution in [1.29, 1.82) is 0 Å². The Morgan fingerprint density at radius 1 is 0.931 bits per heavy atom. The van der Waals surface area contributed by atoms with Crippen LogP contribution in [0, 0.1) is 5.82 Å². The second-order valence-corrected chi connectivity index (χ2v) is 7.87. The Morgan fingerprint density at radius 2 is 1.62 bits per heavy atom. The fourth-order valence-corrected chi connectivity index (χ4v) is 4.70. The van der Waals surface area contributed by atoms with Gasteiger partial charge in [-0.15, -0.1) is 11.3 Å². The Hall–Kier alpha value is -2.84. The van der Waals surface area contributed by atoms with Crippen LogP contribution in [0.15, 0.2) is 48.1 Å². The van der Waals surface area contributed by atoms with E-state index in [1.54, 1.807) is 24.5 Å². The first-order valence-corrected chi connectivity index (χ1v) is 10.4. The lowest BCUT2D eigenvalue weighted by molar-refractivity contribution is 0.628. The summed E-state index contributed by atoms with van der Waals surface area (Å²) in [5, 5.41) is 3.21. The van der Waals surface area contributed by atoms with Gasteiger partial charge in [0, 0.05) is 49.5 Å². The van der Waals surface area contributed by atoms with E-state index in [-0.39, 0.29) is 11.1 Å². The average Bonchev–Trinajstić information content (AvgIpc) is 3.18. The molecule has 4 heterocycles. The molecule has 0 aliphatic carbocycles. The third-order valence-corrected chi connectivity index (χ3v) is 6.00. The van der Waals surface area contributed by atoms with Crippen molar-refractivity contribution in [3.63, 3.8) is 0 Å². The Morgan fingerprint density at radius 3 is 2.34 bits per heavy atom. The van der Waals surface area contributed by atoms with E-state index < -0.39 is 0 Å². The number of anilines is 2. The summed E-state index contributed by atoms with van der Waals surface area (Å²) in [5.41, 5.74) is 1.92. The van der Waals surface area contributed by atoms with Crippen molar-refractivity contribution < 1.29 is 4.39 Å². The van der Waals surface area contributed by atoms with Gasteiger partial charge in [0.1, 0.15) is 16.5 Å². The van der Waals surface area contributed by atoms with Crippen molar-refractivity contribution in [3.05, 3.63) is 59.2 Å². The number of aromatic nitrogens is 4. The number of halogens is 2. The highest BCUT2D eigenvalue weighted by atomic mass is 35.5. The van der Waals surface area contributed by atoms with Gasteiger partial charge in [-0.05, 0) is 35.4 Å². The Bertz CT molecular complexity index is 1140. The Balaban J connectivity index is 1.50. The van der Waals surface area contributed by atoms with E-state index in [0.29, 0.717) is 0 Å². The SMILES string of the molecule is Fc1ccc(-c2csc3nc(Cl)nc(N4CCN(c5ncccn5)CC4)c23)cc1. The molecule has 0 unspecified atom stereocenters. The number of piperazine rings is 1. The van der Waals surface area contributed by atoms with E-state index in [0.717, 1.165) is 59.3 Å². The molecule has 0 spiro atoms. The Kier molecular flexibility index (Phi) is 4.73. The lowest BCUT2D eigenvalue weighted by Crippen LogP contribution is -2.47. The molecule has 1 aliphatic rings. The summed E-state index contributed by atoms with van der Waals surface area (Å²) >= 11 is 7.74. The highest BCUT2D eigenvalue weighted by Crippen LogP contribution is 2.39. The second kappa shape index (κ2) is 7.53. The van der Waals surface area contributed by atoms with Gasteiger partial charge in [0.15, 0.2) is 0 Å². The van der Waals surface area contributed by atoms with Gasteiger partial charge in [-0.3, -0.25) is 0 Å². The van der Waals surface area contributed by atoms with Crippen LogP contribution in [0.25, 0.3) is 21.3 Å². The molecule has 1 aliphatic heterocycles. The fourth-order valence-electron chi connectivity index (χ4n) is 3.54. The standard InChI is InChI=1S/C20H16ClFN6S/c21-19-25-17(27-8-10-28(11-9-27)20-23-6-1-7-24-20)16-15(12-29-18(16)26-19)13-2-4-14(22)5-3-13/h1-7,12H,8-11H2. The van der Waals surface area contributed by atoms with E-state index >= 15 is 0 Å². The van der Waals surface area contributed by atoms with Crippen molar-refractivity contribution in [2.75, 3.05) is 36.0 Å². The third-order valence-electron chi connectivity index (χ3n) is 4.96. The van der Waals surface area contributed by atoms with Crippen LogP contribution in [0.1, 0.15) is 0 Å². The lowest BCUT2D eigenvalue weighted by Gasteiger charge is -2.35. The molecule has 9 heteroatoms. The van der Waals surface area contributed by atoms with Gasteiger partial charge in [0.05, 0.1) is 5.39 Å². The summed E-state index contributed by atoms with van der Waals surface area (Å²) in [6, 6.07) is 8.30. The largest absolute Gasteiger partial charge is 0.352 e. The minimum Gasteiger partial charge on any atom is -0.352 e. The summed E-state index contributed by atoms with van der Waals surface area (Å²) in [6.07, 6.45) is 3.51. The number of nitrogens with zero attached hydrogens (tertiary/aromatic N) is 6. The van der Waals surface area contributed by atoms with Crippen LogP contribution in [0.3, 0.4) is 0 Å². The van der Waals surface area contributed by atoms with Gasteiger partial charge in [-0.25, -0.2) is 19.3 Å². The number of thiophene rings is 1. The number of rotatable bonds is 3. The van der Waals surface area contributed by atoms with Crippen molar-refractivity contribution >= 4 is 44.9 Å². The monoisotopic (exact) mass is 426 g/mol. The van der Waals surface area contributed by atoms with Crippen LogP contribution in [0.2, 0.25) is 5.28 Å². The van der Waals surface area contributed by atoms with E-state index in [2.05, 4.69) is 29.7 Å². The maximum Gasteiger partial charge on any atom is 0.225 e. The minimum atomic E-state index is -0.257. The molecule has 1 fully saturated rings. The Labute approximate surface area is 175 Å². The molecule has 6 nitrogen and oxygen atoms in total. The lowest BCUT2D eigenvalue weighted by atomic mass is 10.1.